The molecule has 0 heterocycles. The van der Waals surface area contributed by atoms with Crippen molar-refractivity contribution in [2.45, 2.75) is 19.6 Å². The van der Waals surface area contributed by atoms with Gasteiger partial charge >= 0.3 is 0 Å². The van der Waals surface area contributed by atoms with Crippen LogP contribution < -0.4 is 10.1 Å². The highest BCUT2D eigenvalue weighted by atomic mass is 32.2. The molecule has 22 heavy (non-hydrogen) atoms. The molecule has 116 valence electrons. The standard InChI is InChI=1S/C18H21NO2S/c1-3-21-17-10-8-16(9-11-17)19-18(20)13-22-12-15-6-4-14(2)5-7-15/h4-11H,3,12-13H2,1-2H3,(H,19,20). The van der Waals surface area contributed by atoms with Crippen LogP contribution >= 0.6 is 11.8 Å². The van der Waals surface area contributed by atoms with Gasteiger partial charge in [-0.2, -0.15) is 0 Å². The number of anilines is 1. The molecular weight excluding hydrogens is 294 g/mol. The Bertz CT molecular complexity index is 593. The fraction of sp³-hybridized carbons (Fsp3) is 0.278. The zero-order valence-electron chi connectivity index (χ0n) is 13.0. The summed E-state index contributed by atoms with van der Waals surface area (Å²) in [5, 5.41) is 2.89. The largest absolute Gasteiger partial charge is 0.494 e. The van der Waals surface area contributed by atoms with Gasteiger partial charge in [0.2, 0.25) is 5.91 Å². The molecule has 0 fully saturated rings. The summed E-state index contributed by atoms with van der Waals surface area (Å²) in [6.45, 7) is 4.66. The average Bonchev–Trinajstić information content (AvgIpc) is 2.51. The third-order valence-corrected chi connectivity index (χ3v) is 4.08. The summed E-state index contributed by atoms with van der Waals surface area (Å²) < 4.78 is 5.37. The van der Waals surface area contributed by atoms with Crippen LogP contribution in [0.2, 0.25) is 0 Å². The first kappa shape index (κ1) is 16.4. The number of amides is 1. The van der Waals surface area contributed by atoms with Gasteiger partial charge in [0.1, 0.15) is 5.75 Å². The second-order valence-corrected chi connectivity index (χ2v) is 5.97. The molecule has 2 aromatic carbocycles. The molecule has 0 spiro atoms. The van der Waals surface area contributed by atoms with Crippen LogP contribution in [0.4, 0.5) is 5.69 Å². The van der Waals surface area contributed by atoms with E-state index in [1.54, 1.807) is 11.8 Å². The monoisotopic (exact) mass is 315 g/mol. The highest BCUT2D eigenvalue weighted by molar-refractivity contribution is 7.99. The van der Waals surface area contributed by atoms with Crippen LogP contribution in [0.5, 0.6) is 5.75 Å². The van der Waals surface area contributed by atoms with Crippen LogP contribution in [0.3, 0.4) is 0 Å². The van der Waals surface area contributed by atoms with Crippen LogP contribution in [0, 0.1) is 6.92 Å². The highest BCUT2D eigenvalue weighted by Gasteiger charge is 2.03. The Morgan fingerprint density at radius 2 is 1.77 bits per heavy atom. The van der Waals surface area contributed by atoms with E-state index in [1.165, 1.54) is 11.1 Å². The molecule has 0 saturated carbocycles. The molecule has 0 saturated heterocycles. The number of hydrogen-bond donors (Lipinski definition) is 1. The molecule has 0 aromatic heterocycles. The predicted octanol–water partition coefficient (Wildman–Crippen LogP) is 4.27. The fourth-order valence-electron chi connectivity index (χ4n) is 1.94. The Balaban J connectivity index is 1.74. The van der Waals surface area contributed by atoms with Crippen LogP contribution in [0.1, 0.15) is 18.1 Å². The predicted molar refractivity (Wildman–Crippen MR) is 93.6 cm³/mol. The lowest BCUT2D eigenvalue weighted by molar-refractivity contribution is -0.113. The van der Waals surface area contributed by atoms with Gasteiger partial charge in [-0.3, -0.25) is 4.79 Å². The minimum absolute atomic E-state index is 0.0151. The number of benzene rings is 2. The van der Waals surface area contributed by atoms with Crippen LogP contribution in [0.25, 0.3) is 0 Å². The van der Waals surface area contributed by atoms with Gasteiger partial charge in [0, 0.05) is 11.4 Å². The first-order valence-corrected chi connectivity index (χ1v) is 8.49. The average molecular weight is 315 g/mol. The van der Waals surface area contributed by atoms with E-state index in [0.29, 0.717) is 12.4 Å². The molecular formula is C18H21NO2S. The number of hydrogen-bond acceptors (Lipinski definition) is 3. The molecule has 0 unspecified atom stereocenters. The molecule has 0 radical (unpaired) electrons. The first-order valence-electron chi connectivity index (χ1n) is 7.33. The minimum atomic E-state index is 0.0151. The van der Waals surface area contributed by atoms with Gasteiger partial charge < -0.3 is 10.1 Å². The number of nitrogens with one attached hydrogen (secondary N) is 1. The topological polar surface area (TPSA) is 38.3 Å². The SMILES string of the molecule is CCOc1ccc(NC(=O)CSCc2ccc(C)cc2)cc1. The Hall–Kier alpha value is -1.94. The van der Waals surface area contributed by atoms with E-state index >= 15 is 0 Å². The normalized spacial score (nSPS) is 10.3. The molecule has 0 aliphatic carbocycles. The van der Waals surface area contributed by atoms with Crippen LogP contribution in [-0.4, -0.2) is 18.3 Å². The van der Waals surface area contributed by atoms with E-state index in [-0.39, 0.29) is 5.91 Å². The van der Waals surface area contributed by atoms with Crippen molar-refractivity contribution in [3.63, 3.8) is 0 Å². The number of thioether (sulfide) groups is 1. The first-order chi connectivity index (χ1) is 10.7. The molecule has 3 nitrogen and oxygen atoms in total. The van der Waals surface area contributed by atoms with E-state index in [9.17, 15) is 4.79 Å². The summed E-state index contributed by atoms with van der Waals surface area (Å²) in [4.78, 5) is 11.9. The summed E-state index contributed by atoms with van der Waals surface area (Å²) in [7, 11) is 0. The number of carbonyl (C=O) groups excluding carboxylic acids is 1. The number of aryl methyl sites for hydroxylation is 1. The molecule has 0 bridgehead atoms. The molecule has 4 heteroatoms. The van der Waals surface area contributed by atoms with E-state index in [2.05, 4.69) is 36.5 Å². The third kappa shape index (κ3) is 5.45. The summed E-state index contributed by atoms with van der Waals surface area (Å²) in [5.74, 6) is 2.12. The van der Waals surface area contributed by atoms with Crippen molar-refractivity contribution in [1.29, 1.82) is 0 Å². The van der Waals surface area contributed by atoms with Crippen molar-refractivity contribution >= 4 is 23.4 Å². The molecule has 2 rings (SSSR count). The van der Waals surface area contributed by atoms with Gasteiger partial charge in [-0.25, -0.2) is 0 Å². The summed E-state index contributed by atoms with van der Waals surface area (Å²) >= 11 is 1.61. The van der Waals surface area contributed by atoms with Gasteiger partial charge in [-0.05, 0) is 43.7 Å². The van der Waals surface area contributed by atoms with Gasteiger partial charge in [0.15, 0.2) is 0 Å². The Morgan fingerprint density at radius 3 is 2.41 bits per heavy atom. The minimum Gasteiger partial charge on any atom is -0.494 e. The van der Waals surface area contributed by atoms with Crippen molar-refractivity contribution in [3.8, 4) is 5.75 Å². The summed E-state index contributed by atoms with van der Waals surface area (Å²) in [5.41, 5.74) is 3.29. The van der Waals surface area contributed by atoms with Crippen molar-refractivity contribution in [2.75, 3.05) is 17.7 Å². The van der Waals surface area contributed by atoms with E-state index in [4.69, 9.17) is 4.74 Å². The zero-order chi connectivity index (χ0) is 15.8. The van der Waals surface area contributed by atoms with E-state index < -0.39 is 0 Å². The highest BCUT2D eigenvalue weighted by Crippen LogP contribution is 2.17. The Morgan fingerprint density at radius 1 is 1.09 bits per heavy atom. The Labute approximate surface area is 136 Å². The maximum absolute atomic E-state index is 11.9. The van der Waals surface area contributed by atoms with Crippen LogP contribution in [0.15, 0.2) is 48.5 Å². The van der Waals surface area contributed by atoms with E-state index in [0.717, 1.165) is 17.2 Å². The third-order valence-electron chi connectivity index (χ3n) is 3.07. The number of ether oxygens (including phenoxy) is 1. The molecule has 2 aromatic rings. The Kier molecular flexibility index (Phi) is 6.34. The van der Waals surface area contributed by atoms with Crippen molar-refractivity contribution in [3.05, 3.63) is 59.7 Å². The van der Waals surface area contributed by atoms with E-state index in [1.807, 2.05) is 31.2 Å². The second-order valence-electron chi connectivity index (χ2n) is 4.98. The zero-order valence-corrected chi connectivity index (χ0v) is 13.8. The van der Waals surface area contributed by atoms with Crippen molar-refractivity contribution < 1.29 is 9.53 Å². The molecule has 0 atom stereocenters. The van der Waals surface area contributed by atoms with Crippen molar-refractivity contribution in [1.82, 2.24) is 0 Å². The van der Waals surface area contributed by atoms with Crippen LogP contribution in [-0.2, 0) is 10.5 Å². The fourth-order valence-corrected chi connectivity index (χ4v) is 2.73. The maximum atomic E-state index is 11.9. The summed E-state index contributed by atoms with van der Waals surface area (Å²) in [6.07, 6.45) is 0. The van der Waals surface area contributed by atoms with Crippen molar-refractivity contribution in [2.24, 2.45) is 0 Å². The molecule has 0 aliphatic rings. The molecule has 0 aliphatic heterocycles. The quantitative estimate of drug-likeness (QED) is 0.829. The summed E-state index contributed by atoms with van der Waals surface area (Å²) in [6, 6.07) is 15.8. The lowest BCUT2D eigenvalue weighted by Gasteiger charge is -2.07. The second kappa shape index (κ2) is 8.49. The van der Waals surface area contributed by atoms with Gasteiger partial charge in [0.25, 0.3) is 0 Å². The number of carbonyl (C=O) groups is 1. The molecule has 1 N–H and O–H groups in total. The maximum Gasteiger partial charge on any atom is 0.234 e. The lowest BCUT2D eigenvalue weighted by Crippen LogP contribution is -2.14. The van der Waals surface area contributed by atoms with Gasteiger partial charge in [0.05, 0.1) is 12.4 Å². The van der Waals surface area contributed by atoms with Gasteiger partial charge in [-0.15, -0.1) is 11.8 Å². The molecule has 1 amide bonds. The number of rotatable bonds is 7. The lowest BCUT2D eigenvalue weighted by atomic mass is 10.2. The van der Waals surface area contributed by atoms with Gasteiger partial charge in [-0.1, -0.05) is 29.8 Å². The smallest absolute Gasteiger partial charge is 0.234 e.